The first-order valence-electron chi connectivity index (χ1n) is 8.59. The number of nitrogens with two attached hydrogens (primary N) is 1. The van der Waals surface area contributed by atoms with E-state index in [2.05, 4.69) is 43.4 Å². The average molecular weight is 494 g/mol. The van der Waals surface area contributed by atoms with Crippen molar-refractivity contribution in [2.75, 3.05) is 18.1 Å². The molecule has 0 unspecified atom stereocenters. The number of rotatable bonds is 3. The maximum Gasteiger partial charge on any atom is 0.259 e. The maximum atomic E-state index is 12.5. The van der Waals surface area contributed by atoms with Crippen molar-refractivity contribution in [3.8, 4) is 0 Å². The highest BCUT2D eigenvalue weighted by molar-refractivity contribution is 9.10. The summed E-state index contributed by atoms with van der Waals surface area (Å²) < 4.78 is 0.558. The van der Waals surface area contributed by atoms with Gasteiger partial charge in [-0.2, -0.15) is 11.3 Å². The van der Waals surface area contributed by atoms with Gasteiger partial charge in [0.05, 0.1) is 22.3 Å². The zero-order valence-electron chi connectivity index (χ0n) is 15.6. The molecule has 0 aliphatic carbocycles. The highest BCUT2D eigenvalue weighted by atomic mass is 79.9. The molecular formula is C20H20BrN3O3S2. The lowest BCUT2D eigenvalue weighted by molar-refractivity contribution is 0.102. The lowest BCUT2D eigenvalue weighted by Crippen LogP contribution is -2.17. The largest absolute Gasteiger partial charge is 0.333 e. The Morgan fingerprint density at radius 1 is 1.31 bits per heavy atom. The van der Waals surface area contributed by atoms with Gasteiger partial charge in [0.2, 0.25) is 0 Å². The van der Waals surface area contributed by atoms with Crippen LogP contribution in [0.15, 0.2) is 55.8 Å². The van der Waals surface area contributed by atoms with E-state index in [1.165, 1.54) is 36.6 Å². The molecule has 1 aliphatic heterocycles. The Morgan fingerprint density at radius 2 is 2.10 bits per heavy atom. The molecule has 0 radical (unpaired) electrons. The number of anilines is 1. The molecule has 1 aromatic carbocycles. The van der Waals surface area contributed by atoms with Crippen LogP contribution in [0.5, 0.6) is 0 Å². The topological polar surface area (TPSA) is 105 Å². The molecule has 0 fully saturated rings. The predicted molar refractivity (Wildman–Crippen MR) is 126 cm³/mol. The zero-order valence-corrected chi connectivity index (χ0v) is 18.8. The molecule has 29 heavy (non-hydrogen) atoms. The van der Waals surface area contributed by atoms with E-state index in [1.54, 1.807) is 18.2 Å². The Labute approximate surface area is 184 Å². The first-order valence-corrected chi connectivity index (χ1v) is 11.4. The van der Waals surface area contributed by atoms with E-state index in [0.29, 0.717) is 32.9 Å². The normalized spacial score (nSPS) is 11.8. The number of aromatic nitrogens is 1. The van der Waals surface area contributed by atoms with Crippen molar-refractivity contribution in [3.05, 3.63) is 72.5 Å². The first-order chi connectivity index (χ1) is 14.1. The van der Waals surface area contributed by atoms with Gasteiger partial charge < -0.3 is 16.0 Å². The molecule has 0 spiro atoms. The number of hydrogen-bond acceptors (Lipinski definition) is 6. The third-order valence-electron chi connectivity index (χ3n) is 3.73. The van der Waals surface area contributed by atoms with E-state index >= 15 is 0 Å². The van der Waals surface area contributed by atoms with Crippen LogP contribution in [0.4, 0.5) is 5.69 Å². The van der Waals surface area contributed by atoms with Crippen molar-refractivity contribution in [3.63, 3.8) is 0 Å². The Balaban J connectivity index is 0.000000367. The fourth-order valence-corrected chi connectivity index (χ4v) is 4.22. The standard InChI is InChI=1S/C15H9BrN2O3S.C4H6S.CH5N/c16-11-2-1-8-5-9(6-19)14(20)18-13(8)12(11)15(21)17-10-3-4-22-7-10;1-2-4-5-3-1;1-2/h1-7H,(H,17,21)(H,18,20);1,3H,2,4H2;2H2,1H3. The fraction of sp³-hybridized carbons (Fsp3) is 0.150. The third-order valence-corrected chi connectivity index (χ3v) is 5.93. The summed E-state index contributed by atoms with van der Waals surface area (Å²) in [7, 11) is 1.50. The van der Waals surface area contributed by atoms with Gasteiger partial charge in [-0.15, -0.1) is 11.8 Å². The van der Waals surface area contributed by atoms with Crippen LogP contribution in [0.3, 0.4) is 0 Å². The number of pyridine rings is 1. The van der Waals surface area contributed by atoms with Gasteiger partial charge in [0.25, 0.3) is 11.5 Å². The molecule has 4 N–H and O–H groups in total. The molecule has 0 atom stereocenters. The van der Waals surface area contributed by atoms with Gasteiger partial charge in [0.15, 0.2) is 6.29 Å². The van der Waals surface area contributed by atoms with Crippen LogP contribution in [0.25, 0.3) is 10.9 Å². The number of H-pyrrole nitrogens is 1. The molecule has 3 aromatic rings. The van der Waals surface area contributed by atoms with Gasteiger partial charge >= 0.3 is 0 Å². The van der Waals surface area contributed by atoms with Gasteiger partial charge in [0, 0.05) is 15.6 Å². The smallest absolute Gasteiger partial charge is 0.259 e. The number of thioether (sulfide) groups is 1. The van der Waals surface area contributed by atoms with Gasteiger partial charge in [-0.25, -0.2) is 0 Å². The second-order valence-corrected chi connectivity index (χ2v) is 8.20. The summed E-state index contributed by atoms with van der Waals surface area (Å²) in [5.41, 5.74) is 5.39. The van der Waals surface area contributed by atoms with Crippen molar-refractivity contribution >= 4 is 67.8 Å². The molecule has 0 saturated carbocycles. The van der Waals surface area contributed by atoms with Crippen LogP contribution in [0.1, 0.15) is 27.1 Å². The number of fused-ring (bicyclic) bond motifs is 1. The quantitative estimate of drug-likeness (QED) is 0.461. The number of allylic oxidation sites excluding steroid dienone is 1. The monoisotopic (exact) mass is 493 g/mol. The Morgan fingerprint density at radius 3 is 2.66 bits per heavy atom. The molecule has 6 nitrogen and oxygen atoms in total. The van der Waals surface area contributed by atoms with Crippen LogP contribution in [-0.2, 0) is 0 Å². The van der Waals surface area contributed by atoms with E-state index in [1.807, 2.05) is 22.5 Å². The minimum atomic E-state index is -0.523. The molecular weight excluding hydrogens is 474 g/mol. The van der Waals surface area contributed by atoms with Crippen molar-refractivity contribution in [2.45, 2.75) is 6.42 Å². The molecule has 0 bridgehead atoms. The van der Waals surface area contributed by atoms with Crippen molar-refractivity contribution < 1.29 is 9.59 Å². The average Bonchev–Trinajstić information content (AvgIpc) is 3.46. The van der Waals surface area contributed by atoms with Crippen LogP contribution >= 0.6 is 39.0 Å². The Hall–Kier alpha value is -2.20. The second kappa shape index (κ2) is 11.7. The van der Waals surface area contributed by atoms with Gasteiger partial charge in [0.1, 0.15) is 0 Å². The van der Waals surface area contributed by atoms with E-state index in [9.17, 15) is 14.4 Å². The lowest BCUT2D eigenvalue weighted by atomic mass is 10.1. The summed E-state index contributed by atoms with van der Waals surface area (Å²) in [5, 5.41) is 9.20. The molecule has 4 rings (SSSR count). The number of carbonyl (C=O) groups excluding carboxylic acids is 2. The summed E-state index contributed by atoms with van der Waals surface area (Å²) in [5.74, 6) is 0.963. The van der Waals surface area contributed by atoms with Crippen LogP contribution in [-0.4, -0.2) is 30.0 Å². The highest BCUT2D eigenvalue weighted by Crippen LogP contribution is 2.26. The van der Waals surface area contributed by atoms with Crippen molar-refractivity contribution in [2.24, 2.45) is 5.73 Å². The fourth-order valence-electron chi connectivity index (χ4n) is 2.45. The van der Waals surface area contributed by atoms with Gasteiger partial charge in [-0.3, -0.25) is 14.4 Å². The summed E-state index contributed by atoms with van der Waals surface area (Å²) in [6.45, 7) is 0. The number of thiophene rings is 1. The predicted octanol–water partition coefficient (Wildman–Crippen LogP) is 4.63. The third kappa shape index (κ3) is 6.14. The highest BCUT2D eigenvalue weighted by Gasteiger charge is 2.16. The molecule has 2 aromatic heterocycles. The van der Waals surface area contributed by atoms with Crippen LogP contribution in [0, 0.1) is 0 Å². The number of hydrogen-bond donors (Lipinski definition) is 3. The zero-order chi connectivity index (χ0) is 21.2. The molecule has 3 heterocycles. The molecule has 9 heteroatoms. The summed E-state index contributed by atoms with van der Waals surface area (Å²) in [6.07, 6.45) is 3.97. The molecule has 0 saturated heterocycles. The number of benzene rings is 1. The lowest BCUT2D eigenvalue weighted by Gasteiger charge is -2.09. The van der Waals surface area contributed by atoms with E-state index in [-0.39, 0.29) is 11.5 Å². The van der Waals surface area contributed by atoms with Crippen LogP contribution in [0.2, 0.25) is 0 Å². The van der Waals surface area contributed by atoms with Gasteiger partial charge in [-0.05, 0) is 63.8 Å². The number of nitrogens with one attached hydrogen (secondary N) is 2. The number of aromatic amines is 1. The van der Waals surface area contributed by atoms with Crippen molar-refractivity contribution in [1.82, 2.24) is 4.98 Å². The van der Waals surface area contributed by atoms with Crippen molar-refractivity contribution in [1.29, 1.82) is 0 Å². The SMILES string of the molecule is C1=CSCC1.CN.O=Cc1cc2ccc(Br)c(C(=O)Nc3ccsc3)c2[nH]c1=O. The number of amides is 1. The number of aldehydes is 1. The summed E-state index contributed by atoms with van der Waals surface area (Å²) in [4.78, 5) is 37.8. The van der Waals surface area contributed by atoms with E-state index < -0.39 is 5.56 Å². The number of carbonyl (C=O) groups is 2. The molecule has 1 amide bonds. The van der Waals surface area contributed by atoms with E-state index in [4.69, 9.17) is 0 Å². The summed E-state index contributed by atoms with van der Waals surface area (Å²) >= 11 is 6.69. The Bertz CT molecular complexity index is 1060. The molecule has 152 valence electrons. The second-order valence-electron chi connectivity index (χ2n) is 5.56. The van der Waals surface area contributed by atoms with Gasteiger partial charge in [-0.1, -0.05) is 12.1 Å². The van der Waals surface area contributed by atoms with Crippen LogP contribution < -0.4 is 16.6 Å². The molecule has 1 aliphatic rings. The first kappa shape index (κ1) is 23.1. The van der Waals surface area contributed by atoms with E-state index in [0.717, 1.165) is 0 Å². The summed E-state index contributed by atoms with van der Waals surface area (Å²) in [6, 6.07) is 6.69. The minimum absolute atomic E-state index is 0.0269. The minimum Gasteiger partial charge on any atom is -0.333 e. The number of halogens is 1. The Kier molecular flexibility index (Phi) is 9.33. The maximum absolute atomic E-state index is 12.5.